The summed E-state index contributed by atoms with van der Waals surface area (Å²) in [5.74, 6) is -3.18. The molecule has 0 aliphatic rings. The van der Waals surface area contributed by atoms with Gasteiger partial charge in [0.1, 0.15) is 0 Å². The van der Waals surface area contributed by atoms with Crippen LogP contribution in [-0.2, 0) is 6.18 Å². The molecule has 11 heteroatoms. The van der Waals surface area contributed by atoms with E-state index < -0.39 is 36.0 Å². The van der Waals surface area contributed by atoms with E-state index in [2.05, 4.69) is 9.84 Å². The Morgan fingerprint density at radius 3 is 2.35 bits per heavy atom. The van der Waals surface area contributed by atoms with Crippen molar-refractivity contribution in [3.8, 4) is 17.6 Å². The number of alkyl halides is 5. The standard InChI is InChI=1S/C20H10F7N3O/c21-15-3-1-2-14(18(15)22)12(10-28)8-11-4-6-13(7-5-11)30-17(31-19(23)24)9-16(29-30)20(25,26)27/h1-9,19H/b12-8-. The lowest BCUT2D eigenvalue weighted by Gasteiger charge is -2.08. The molecule has 0 saturated carbocycles. The van der Waals surface area contributed by atoms with Gasteiger partial charge in [-0.05, 0) is 29.8 Å². The van der Waals surface area contributed by atoms with E-state index in [1.807, 2.05) is 0 Å². The highest BCUT2D eigenvalue weighted by atomic mass is 19.4. The van der Waals surface area contributed by atoms with Crippen LogP contribution in [0.25, 0.3) is 17.3 Å². The fourth-order valence-corrected chi connectivity index (χ4v) is 2.62. The molecular formula is C20H10F7N3O. The van der Waals surface area contributed by atoms with Gasteiger partial charge in [-0.1, -0.05) is 24.3 Å². The summed E-state index contributed by atoms with van der Waals surface area (Å²) in [5, 5.41) is 12.5. The van der Waals surface area contributed by atoms with Gasteiger partial charge in [0.25, 0.3) is 0 Å². The Morgan fingerprint density at radius 2 is 1.77 bits per heavy atom. The number of aromatic nitrogens is 2. The number of rotatable bonds is 5. The van der Waals surface area contributed by atoms with Gasteiger partial charge in [0.15, 0.2) is 17.3 Å². The van der Waals surface area contributed by atoms with Crippen LogP contribution >= 0.6 is 0 Å². The molecule has 0 atom stereocenters. The summed E-state index contributed by atoms with van der Waals surface area (Å²) in [6.07, 6.45) is -3.66. The van der Waals surface area contributed by atoms with Crippen LogP contribution in [0.2, 0.25) is 0 Å². The van der Waals surface area contributed by atoms with Gasteiger partial charge in [-0.15, -0.1) is 0 Å². The maximum absolute atomic E-state index is 13.9. The molecule has 3 aromatic rings. The monoisotopic (exact) mass is 441 g/mol. The summed E-state index contributed by atoms with van der Waals surface area (Å²) in [7, 11) is 0. The number of ether oxygens (including phenoxy) is 1. The minimum atomic E-state index is -4.88. The van der Waals surface area contributed by atoms with Crippen molar-refractivity contribution in [2.45, 2.75) is 12.8 Å². The molecule has 0 N–H and O–H groups in total. The molecule has 4 nitrogen and oxygen atoms in total. The average Bonchev–Trinajstić information content (AvgIpc) is 3.12. The molecule has 1 heterocycles. The molecule has 0 radical (unpaired) electrons. The van der Waals surface area contributed by atoms with E-state index >= 15 is 0 Å². The van der Waals surface area contributed by atoms with Gasteiger partial charge in [-0.25, -0.2) is 13.5 Å². The molecule has 0 unspecified atom stereocenters. The molecule has 160 valence electrons. The van der Waals surface area contributed by atoms with Crippen molar-refractivity contribution < 1.29 is 35.5 Å². The zero-order chi connectivity index (χ0) is 22.8. The number of allylic oxidation sites excluding steroid dienone is 1. The highest BCUT2D eigenvalue weighted by Crippen LogP contribution is 2.33. The maximum atomic E-state index is 13.9. The molecule has 0 saturated heterocycles. The minimum Gasteiger partial charge on any atom is -0.417 e. The fraction of sp³-hybridized carbons (Fsp3) is 0.100. The number of nitrogens with zero attached hydrogens (tertiary/aromatic N) is 3. The van der Waals surface area contributed by atoms with E-state index in [4.69, 9.17) is 0 Å². The van der Waals surface area contributed by atoms with E-state index in [0.29, 0.717) is 16.3 Å². The molecule has 0 bridgehead atoms. The van der Waals surface area contributed by atoms with Crippen LogP contribution in [0.1, 0.15) is 16.8 Å². The Morgan fingerprint density at radius 1 is 1.10 bits per heavy atom. The molecule has 0 amide bonds. The normalized spacial score (nSPS) is 12.2. The Kier molecular flexibility index (Phi) is 6.01. The molecule has 0 aliphatic heterocycles. The summed E-state index contributed by atoms with van der Waals surface area (Å²) in [5.41, 5.74) is -1.64. The second kappa shape index (κ2) is 8.51. The van der Waals surface area contributed by atoms with Crippen molar-refractivity contribution in [2.75, 3.05) is 0 Å². The van der Waals surface area contributed by atoms with Gasteiger partial charge in [-0.2, -0.15) is 32.3 Å². The first kappa shape index (κ1) is 21.9. The first-order chi connectivity index (χ1) is 14.6. The van der Waals surface area contributed by atoms with Crippen LogP contribution < -0.4 is 4.74 Å². The first-order valence-electron chi connectivity index (χ1n) is 8.39. The highest BCUT2D eigenvalue weighted by Gasteiger charge is 2.36. The van der Waals surface area contributed by atoms with E-state index in [1.165, 1.54) is 42.5 Å². The van der Waals surface area contributed by atoms with Crippen LogP contribution in [0.4, 0.5) is 30.7 Å². The van der Waals surface area contributed by atoms with Gasteiger partial charge >= 0.3 is 12.8 Å². The second-order valence-electron chi connectivity index (χ2n) is 6.02. The third-order valence-electron chi connectivity index (χ3n) is 3.99. The number of nitriles is 1. The van der Waals surface area contributed by atoms with E-state index in [1.54, 1.807) is 6.07 Å². The molecule has 3 rings (SSSR count). The maximum Gasteiger partial charge on any atom is 0.435 e. The van der Waals surface area contributed by atoms with Crippen LogP contribution in [0.15, 0.2) is 48.5 Å². The summed E-state index contributed by atoms with van der Waals surface area (Å²) in [6.45, 7) is -3.38. The molecule has 2 aromatic carbocycles. The lowest BCUT2D eigenvalue weighted by Crippen LogP contribution is -2.09. The van der Waals surface area contributed by atoms with Gasteiger partial charge in [0.2, 0.25) is 5.88 Å². The topological polar surface area (TPSA) is 50.8 Å². The Hall–Kier alpha value is -3.81. The number of hydrogen-bond acceptors (Lipinski definition) is 3. The quantitative estimate of drug-likeness (QED) is 0.284. The third kappa shape index (κ3) is 4.85. The minimum absolute atomic E-state index is 0.0428. The zero-order valence-corrected chi connectivity index (χ0v) is 15.2. The summed E-state index contributed by atoms with van der Waals surface area (Å²) in [6, 6.07) is 10.5. The van der Waals surface area contributed by atoms with Crippen LogP contribution in [0, 0.1) is 23.0 Å². The van der Waals surface area contributed by atoms with Crippen LogP contribution in [0.3, 0.4) is 0 Å². The Labute approximate surface area is 170 Å². The van der Waals surface area contributed by atoms with Crippen LogP contribution in [-0.4, -0.2) is 16.4 Å². The van der Waals surface area contributed by atoms with Gasteiger partial charge < -0.3 is 4.74 Å². The third-order valence-corrected chi connectivity index (χ3v) is 3.99. The largest absolute Gasteiger partial charge is 0.435 e. The van der Waals surface area contributed by atoms with E-state index in [-0.39, 0.29) is 16.8 Å². The second-order valence-corrected chi connectivity index (χ2v) is 6.02. The summed E-state index contributed by atoms with van der Waals surface area (Å²) >= 11 is 0. The number of halogens is 7. The van der Waals surface area contributed by atoms with Crippen molar-refractivity contribution in [1.29, 1.82) is 5.26 Å². The lowest BCUT2D eigenvalue weighted by atomic mass is 10.0. The summed E-state index contributed by atoms with van der Waals surface area (Å²) < 4.78 is 95.7. The lowest BCUT2D eigenvalue weighted by molar-refractivity contribution is -0.141. The van der Waals surface area contributed by atoms with Gasteiger partial charge in [0.05, 0.1) is 17.3 Å². The Balaban J connectivity index is 1.98. The van der Waals surface area contributed by atoms with Crippen LogP contribution in [0.5, 0.6) is 5.88 Å². The smallest absolute Gasteiger partial charge is 0.417 e. The molecule has 1 aromatic heterocycles. The SMILES string of the molecule is N#C/C(=C/c1ccc(-n2nc(C(F)(F)F)cc2OC(F)F)cc1)c1cccc(F)c1F. The predicted molar refractivity (Wildman–Crippen MR) is 95.0 cm³/mol. The molecule has 0 spiro atoms. The summed E-state index contributed by atoms with van der Waals surface area (Å²) in [4.78, 5) is 0. The van der Waals surface area contributed by atoms with Crippen molar-refractivity contribution in [3.05, 3.63) is 77.0 Å². The van der Waals surface area contributed by atoms with Crippen molar-refractivity contribution in [2.24, 2.45) is 0 Å². The number of benzene rings is 2. The zero-order valence-electron chi connectivity index (χ0n) is 15.2. The van der Waals surface area contributed by atoms with Gasteiger partial charge in [0, 0.05) is 11.6 Å². The molecular weight excluding hydrogens is 431 g/mol. The first-order valence-corrected chi connectivity index (χ1v) is 8.39. The molecule has 31 heavy (non-hydrogen) atoms. The fourth-order valence-electron chi connectivity index (χ4n) is 2.62. The Bertz CT molecular complexity index is 1160. The van der Waals surface area contributed by atoms with Crippen molar-refractivity contribution in [1.82, 2.24) is 9.78 Å². The molecule has 0 fully saturated rings. The van der Waals surface area contributed by atoms with E-state index in [0.717, 1.165) is 6.07 Å². The van der Waals surface area contributed by atoms with Crippen molar-refractivity contribution in [3.63, 3.8) is 0 Å². The van der Waals surface area contributed by atoms with E-state index in [9.17, 15) is 36.0 Å². The van der Waals surface area contributed by atoms with Crippen molar-refractivity contribution >= 4 is 11.6 Å². The predicted octanol–water partition coefficient (Wildman–Crippen LogP) is 5.83. The number of hydrogen-bond donors (Lipinski definition) is 0. The average molecular weight is 441 g/mol. The highest BCUT2D eigenvalue weighted by molar-refractivity contribution is 5.89. The van der Waals surface area contributed by atoms with Gasteiger partial charge in [-0.3, -0.25) is 0 Å². The molecule has 0 aliphatic carbocycles.